The van der Waals surface area contributed by atoms with Crippen LogP contribution >= 0.6 is 24.0 Å². The number of halogens is 2. The number of aromatic nitrogens is 2. The van der Waals surface area contributed by atoms with Crippen molar-refractivity contribution in [1.29, 1.82) is 0 Å². The molecule has 1 saturated carbocycles. The number of guanidine groups is 1. The van der Waals surface area contributed by atoms with Gasteiger partial charge in [-0.2, -0.15) is 5.10 Å². The van der Waals surface area contributed by atoms with Crippen LogP contribution in [0.1, 0.15) is 44.7 Å². The first kappa shape index (κ1) is 25.6. The van der Waals surface area contributed by atoms with E-state index >= 15 is 0 Å². The van der Waals surface area contributed by atoms with E-state index in [2.05, 4.69) is 22.7 Å². The number of rotatable bonds is 10. The molecule has 1 aliphatic carbocycles. The van der Waals surface area contributed by atoms with Gasteiger partial charge >= 0.3 is 0 Å². The molecule has 6 nitrogen and oxygen atoms in total. The second-order valence-electron chi connectivity index (χ2n) is 8.05. The third-order valence-corrected chi connectivity index (χ3v) is 5.83. The lowest BCUT2D eigenvalue weighted by molar-refractivity contribution is 0.141. The maximum Gasteiger partial charge on any atom is 0.191 e. The van der Waals surface area contributed by atoms with Crippen molar-refractivity contribution in [2.24, 2.45) is 10.4 Å². The van der Waals surface area contributed by atoms with Crippen molar-refractivity contribution < 1.29 is 9.13 Å². The van der Waals surface area contributed by atoms with E-state index in [4.69, 9.17) is 9.73 Å². The fourth-order valence-electron chi connectivity index (χ4n) is 4.06. The van der Waals surface area contributed by atoms with Gasteiger partial charge in [0.25, 0.3) is 0 Å². The molecule has 0 bridgehead atoms. The normalized spacial score (nSPS) is 15.5. The summed E-state index contributed by atoms with van der Waals surface area (Å²) in [6, 6.07) is 8.33. The Morgan fingerprint density at radius 2 is 1.94 bits per heavy atom. The van der Waals surface area contributed by atoms with E-state index in [-0.39, 0.29) is 35.2 Å². The monoisotopic (exact) mass is 543 g/mol. The van der Waals surface area contributed by atoms with Gasteiger partial charge < -0.3 is 15.4 Å². The van der Waals surface area contributed by atoms with Crippen LogP contribution in [0, 0.1) is 11.2 Å². The quantitative estimate of drug-likeness (QED) is 0.266. The molecule has 1 aromatic heterocycles. The highest BCUT2D eigenvalue weighted by Gasteiger charge is 2.33. The lowest BCUT2D eigenvalue weighted by Gasteiger charge is -2.27. The molecule has 2 N–H and O–H groups in total. The maximum absolute atomic E-state index is 13.1. The van der Waals surface area contributed by atoms with Gasteiger partial charge in [0, 0.05) is 46.0 Å². The number of hydrogen-bond donors (Lipinski definition) is 2. The second-order valence-corrected chi connectivity index (χ2v) is 8.05. The van der Waals surface area contributed by atoms with Gasteiger partial charge in [0.15, 0.2) is 5.96 Å². The van der Waals surface area contributed by atoms with Crippen LogP contribution in [0.2, 0.25) is 0 Å². The van der Waals surface area contributed by atoms with Gasteiger partial charge in [0.1, 0.15) is 5.82 Å². The zero-order valence-electron chi connectivity index (χ0n) is 18.6. The van der Waals surface area contributed by atoms with Crippen LogP contribution in [0.5, 0.6) is 0 Å². The standard InChI is InChI=1S/C23H34FN5O.HI/c1-3-25-22(27-18-23(14-17-30-2)12-4-5-13-23)26-15-10-20-11-16-29(28-20)21-8-6-19(24)7-9-21;/h6-9,11,16H,3-5,10,12-15,17-18H2,1-2H3,(H2,25,26,27);1H. The molecule has 2 aromatic rings. The smallest absolute Gasteiger partial charge is 0.191 e. The third kappa shape index (κ3) is 7.75. The Bertz CT molecular complexity index is 803. The van der Waals surface area contributed by atoms with Gasteiger partial charge in [-0.05, 0) is 61.9 Å². The van der Waals surface area contributed by atoms with Gasteiger partial charge in [0.05, 0.1) is 11.4 Å². The zero-order valence-corrected chi connectivity index (χ0v) is 20.9. The molecule has 172 valence electrons. The predicted molar refractivity (Wildman–Crippen MR) is 134 cm³/mol. The molecule has 0 aliphatic heterocycles. The summed E-state index contributed by atoms with van der Waals surface area (Å²) >= 11 is 0. The van der Waals surface area contributed by atoms with E-state index in [1.54, 1.807) is 23.9 Å². The Hall–Kier alpha value is -1.68. The fraction of sp³-hybridized carbons (Fsp3) is 0.565. The molecule has 31 heavy (non-hydrogen) atoms. The molecule has 1 aromatic carbocycles. The predicted octanol–water partition coefficient (Wildman–Crippen LogP) is 4.32. The summed E-state index contributed by atoms with van der Waals surface area (Å²) < 4.78 is 20.2. The number of hydrogen-bond acceptors (Lipinski definition) is 3. The Morgan fingerprint density at radius 1 is 1.19 bits per heavy atom. The van der Waals surface area contributed by atoms with E-state index in [9.17, 15) is 4.39 Å². The van der Waals surface area contributed by atoms with Crippen LogP contribution in [0.25, 0.3) is 5.69 Å². The minimum Gasteiger partial charge on any atom is -0.385 e. The summed E-state index contributed by atoms with van der Waals surface area (Å²) in [6.45, 7) is 5.30. The summed E-state index contributed by atoms with van der Waals surface area (Å²) in [7, 11) is 1.77. The Morgan fingerprint density at radius 3 is 2.61 bits per heavy atom. The van der Waals surface area contributed by atoms with Gasteiger partial charge in [-0.15, -0.1) is 24.0 Å². The van der Waals surface area contributed by atoms with Crippen LogP contribution in [-0.4, -0.2) is 49.1 Å². The van der Waals surface area contributed by atoms with Crippen molar-refractivity contribution in [1.82, 2.24) is 20.4 Å². The number of nitrogens with zero attached hydrogens (tertiary/aromatic N) is 3. The van der Waals surface area contributed by atoms with Gasteiger partial charge in [-0.3, -0.25) is 4.99 Å². The largest absolute Gasteiger partial charge is 0.385 e. The van der Waals surface area contributed by atoms with E-state index in [0.717, 1.165) is 56.4 Å². The molecule has 0 radical (unpaired) electrons. The summed E-state index contributed by atoms with van der Waals surface area (Å²) in [5.41, 5.74) is 2.12. The Labute approximate surface area is 202 Å². The first-order valence-corrected chi connectivity index (χ1v) is 11.0. The summed E-state index contributed by atoms with van der Waals surface area (Å²) in [4.78, 5) is 4.89. The lowest BCUT2D eigenvalue weighted by Crippen LogP contribution is -2.39. The number of ether oxygens (including phenoxy) is 1. The van der Waals surface area contributed by atoms with Crippen molar-refractivity contribution in [3.8, 4) is 5.69 Å². The average Bonchev–Trinajstić information content (AvgIpc) is 3.41. The summed E-state index contributed by atoms with van der Waals surface area (Å²) in [5.74, 6) is 0.617. The topological polar surface area (TPSA) is 63.5 Å². The molecule has 0 spiro atoms. The maximum atomic E-state index is 13.1. The summed E-state index contributed by atoms with van der Waals surface area (Å²) in [6.07, 6.45) is 8.82. The van der Waals surface area contributed by atoms with E-state index in [0.29, 0.717) is 0 Å². The average molecular weight is 543 g/mol. The number of nitrogens with one attached hydrogen (secondary N) is 2. The molecule has 8 heteroatoms. The van der Waals surface area contributed by atoms with Crippen LogP contribution in [0.4, 0.5) is 4.39 Å². The molecular formula is C23H35FIN5O. The van der Waals surface area contributed by atoms with Crippen LogP contribution < -0.4 is 10.6 Å². The summed E-state index contributed by atoms with van der Waals surface area (Å²) in [5, 5.41) is 11.4. The Kier molecular flexibility index (Phi) is 10.7. The van der Waals surface area contributed by atoms with E-state index in [1.165, 1.54) is 37.8 Å². The molecule has 1 aliphatic rings. The van der Waals surface area contributed by atoms with Crippen molar-refractivity contribution in [2.45, 2.75) is 45.4 Å². The van der Waals surface area contributed by atoms with Crippen LogP contribution in [0.3, 0.4) is 0 Å². The molecule has 0 unspecified atom stereocenters. The van der Waals surface area contributed by atoms with Crippen LogP contribution in [0.15, 0.2) is 41.5 Å². The fourth-order valence-corrected chi connectivity index (χ4v) is 4.06. The van der Waals surface area contributed by atoms with Gasteiger partial charge in [0.2, 0.25) is 0 Å². The zero-order chi connectivity index (χ0) is 21.2. The van der Waals surface area contributed by atoms with E-state index < -0.39 is 0 Å². The molecule has 0 saturated heterocycles. The minimum atomic E-state index is -0.243. The third-order valence-electron chi connectivity index (χ3n) is 5.83. The first-order chi connectivity index (χ1) is 14.6. The molecule has 1 heterocycles. The number of aliphatic imine (C=N–C) groups is 1. The minimum absolute atomic E-state index is 0. The SMILES string of the molecule is CCNC(=NCC1(CCOC)CCCC1)NCCc1ccn(-c2ccc(F)cc2)n1.I. The van der Waals surface area contributed by atoms with Crippen molar-refractivity contribution in [2.75, 3.05) is 33.4 Å². The molecule has 3 rings (SSSR count). The molecular weight excluding hydrogens is 508 g/mol. The van der Waals surface area contributed by atoms with Crippen molar-refractivity contribution in [3.05, 3.63) is 48.0 Å². The van der Waals surface area contributed by atoms with Crippen molar-refractivity contribution in [3.63, 3.8) is 0 Å². The van der Waals surface area contributed by atoms with Gasteiger partial charge in [-0.1, -0.05) is 12.8 Å². The Balaban J connectivity index is 0.00000341. The first-order valence-electron chi connectivity index (χ1n) is 11.0. The van der Waals surface area contributed by atoms with Gasteiger partial charge in [-0.25, -0.2) is 9.07 Å². The highest BCUT2D eigenvalue weighted by atomic mass is 127. The molecule has 0 amide bonds. The highest BCUT2D eigenvalue weighted by Crippen LogP contribution is 2.41. The molecule has 1 fully saturated rings. The van der Waals surface area contributed by atoms with Crippen molar-refractivity contribution >= 4 is 29.9 Å². The highest BCUT2D eigenvalue weighted by molar-refractivity contribution is 14.0. The molecule has 0 atom stereocenters. The number of benzene rings is 1. The second kappa shape index (κ2) is 13.0. The lowest BCUT2D eigenvalue weighted by atomic mass is 9.83. The van der Waals surface area contributed by atoms with E-state index in [1.807, 2.05) is 12.3 Å². The number of methoxy groups -OCH3 is 1. The van der Waals surface area contributed by atoms with Crippen LogP contribution in [-0.2, 0) is 11.2 Å².